The number of rotatable bonds is 5. The van der Waals surface area contributed by atoms with Gasteiger partial charge in [-0.3, -0.25) is 14.4 Å². The first kappa shape index (κ1) is 16.8. The highest BCUT2D eigenvalue weighted by Gasteiger charge is 2.35. The second-order valence-electron chi connectivity index (χ2n) is 5.59. The Labute approximate surface area is 134 Å². The lowest BCUT2D eigenvalue weighted by Gasteiger charge is -2.37. The largest absolute Gasteiger partial charge is 0.484 e. The summed E-state index contributed by atoms with van der Waals surface area (Å²) < 4.78 is 5.41. The molecule has 0 spiro atoms. The molecule has 23 heavy (non-hydrogen) atoms. The molecule has 1 aromatic rings. The molecule has 0 radical (unpaired) electrons. The van der Waals surface area contributed by atoms with Gasteiger partial charge in [0, 0.05) is 18.2 Å². The molecule has 2 amide bonds. The molecule has 1 aliphatic rings. The van der Waals surface area contributed by atoms with Gasteiger partial charge < -0.3 is 20.5 Å². The first-order valence-corrected chi connectivity index (χ1v) is 7.45. The third-order valence-corrected chi connectivity index (χ3v) is 4.13. The first-order chi connectivity index (χ1) is 10.9. The lowest BCUT2D eigenvalue weighted by atomic mass is 9.90. The third-order valence-electron chi connectivity index (χ3n) is 4.13. The zero-order valence-electron chi connectivity index (χ0n) is 12.9. The summed E-state index contributed by atoms with van der Waals surface area (Å²) >= 11 is 0. The minimum absolute atomic E-state index is 0.174. The van der Waals surface area contributed by atoms with Crippen LogP contribution in [0.15, 0.2) is 24.3 Å². The summed E-state index contributed by atoms with van der Waals surface area (Å²) in [6.45, 7) is 2.11. The van der Waals surface area contributed by atoms with E-state index in [4.69, 9.17) is 10.5 Å². The maximum Gasteiger partial charge on any atom is 0.308 e. The zero-order chi connectivity index (χ0) is 17.0. The molecule has 0 unspecified atom stereocenters. The minimum atomic E-state index is -0.877. The van der Waals surface area contributed by atoms with Crippen molar-refractivity contribution in [3.63, 3.8) is 0 Å². The van der Waals surface area contributed by atoms with Crippen LogP contribution in [-0.2, 0) is 9.59 Å². The minimum Gasteiger partial charge on any atom is -0.484 e. The van der Waals surface area contributed by atoms with Crippen molar-refractivity contribution in [2.24, 2.45) is 11.7 Å². The quantitative estimate of drug-likeness (QED) is 0.836. The van der Waals surface area contributed by atoms with Crippen molar-refractivity contribution in [3.05, 3.63) is 29.8 Å². The number of primary amides is 1. The van der Waals surface area contributed by atoms with E-state index in [1.165, 1.54) is 12.1 Å². The number of nitrogens with two attached hydrogens (primary N) is 1. The summed E-state index contributed by atoms with van der Waals surface area (Å²) in [4.78, 5) is 36.0. The van der Waals surface area contributed by atoms with Crippen molar-refractivity contribution < 1.29 is 24.2 Å². The van der Waals surface area contributed by atoms with Crippen molar-refractivity contribution in [1.29, 1.82) is 0 Å². The van der Waals surface area contributed by atoms with Crippen LogP contribution in [0, 0.1) is 5.92 Å². The number of aliphatic carboxylic acids is 1. The van der Waals surface area contributed by atoms with E-state index in [1.807, 2.05) is 0 Å². The van der Waals surface area contributed by atoms with Crippen LogP contribution in [0.4, 0.5) is 0 Å². The number of benzene rings is 1. The van der Waals surface area contributed by atoms with Gasteiger partial charge in [-0.05, 0) is 44.0 Å². The topological polar surface area (TPSA) is 110 Å². The molecule has 1 aliphatic heterocycles. The summed E-state index contributed by atoms with van der Waals surface area (Å²) in [7, 11) is 0. The van der Waals surface area contributed by atoms with Crippen molar-refractivity contribution in [1.82, 2.24) is 4.90 Å². The molecule has 1 heterocycles. The number of carbonyl (C=O) groups excluding carboxylic acids is 2. The molecule has 0 aliphatic carbocycles. The molecule has 0 bridgehead atoms. The highest BCUT2D eigenvalue weighted by atomic mass is 16.5. The van der Waals surface area contributed by atoms with E-state index < -0.39 is 17.8 Å². The Bertz CT molecular complexity index is 599. The maximum atomic E-state index is 12.3. The molecule has 2 atom stereocenters. The van der Waals surface area contributed by atoms with Gasteiger partial charge in [-0.1, -0.05) is 0 Å². The number of carboxylic acids is 1. The predicted molar refractivity (Wildman–Crippen MR) is 82.0 cm³/mol. The zero-order valence-corrected chi connectivity index (χ0v) is 12.9. The SMILES string of the molecule is C[C@@H]1[C@H](C(=O)O)CCCN1C(=O)COc1ccc(C(N)=O)cc1. The van der Waals surface area contributed by atoms with Crippen molar-refractivity contribution in [2.75, 3.05) is 13.2 Å². The summed E-state index contributed by atoms with van der Waals surface area (Å²) in [6, 6.07) is 5.81. The van der Waals surface area contributed by atoms with E-state index in [1.54, 1.807) is 24.0 Å². The average molecular weight is 320 g/mol. The molecule has 1 fully saturated rings. The number of nitrogens with zero attached hydrogens (tertiary/aromatic N) is 1. The van der Waals surface area contributed by atoms with Gasteiger partial charge in [-0.25, -0.2) is 0 Å². The molecule has 1 aromatic carbocycles. The molecule has 1 saturated heterocycles. The van der Waals surface area contributed by atoms with E-state index in [0.717, 1.165) is 0 Å². The van der Waals surface area contributed by atoms with Gasteiger partial charge in [0.25, 0.3) is 5.91 Å². The Balaban J connectivity index is 1.93. The Morgan fingerprint density at radius 3 is 2.52 bits per heavy atom. The molecule has 124 valence electrons. The lowest BCUT2D eigenvalue weighted by molar-refractivity contribution is -0.149. The summed E-state index contributed by atoms with van der Waals surface area (Å²) in [5.74, 6) is -1.75. The number of hydrogen-bond acceptors (Lipinski definition) is 4. The van der Waals surface area contributed by atoms with Crippen LogP contribution < -0.4 is 10.5 Å². The smallest absolute Gasteiger partial charge is 0.308 e. The van der Waals surface area contributed by atoms with E-state index in [-0.39, 0.29) is 18.6 Å². The van der Waals surface area contributed by atoms with E-state index >= 15 is 0 Å². The fourth-order valence-electron chi connectivity index (χ4n) is 2.77. The Morgan fingerprint density at radius 1 is 1.30 bits per heavy atom. The second-order valence-corrected chi connectivity index (χ2v) is 5.59. The van der Waals surface area contributed by atoms with Gasteiger partial charge in [0.1, 0.15) is 5.75 Å². The fourth-order valence-corrected chi connectivity index (χ4v) is 2.77. The van der Waals surface area contributed by atoms with Crippen LogP contribution in [-0.4, -0.2) is 47.0 Å². The van der Waals surface area contributed by atoms with Gasteiger partial charge in [-0.2, -0.15) is 0 Å². The normalized spacial score (nSPS) is 20.8. The molecular weight excluding hydrogens is 300 g/mol. The van der Waals surface area contributed by atoms with E-state index in [9.17, 15) is 19.5 Å². The molecule has 3 N–H and O–H groups in total. The van der Waals surface area contributed by atoms with Crippen molar-refractivity contribution >= 4 is 17.8 Å². The number of carboxylic acid groups (broad SMARTS) is 1. The Hall–Kier alpha value is -2.57. The van der Waals surface area contributed by atoms with Gasteiger partial charge in [0.15, 0.2) is 6.61 Å². The van der Waals surface area contributed by atoms with Gasteiger partial charge in [0.2, 0.25) is 5.91 Å². The number of carbonyl (C=O) groups is 3. The van der Waals surface area contributed by atoms with Gasteiger partial charge in [-0.15, -0.1) is 0 Å². The number of hydrogen-bond donors (Lipinski definition) is 2. The number of amides is 2. The molecule has 0 aromatic heterocycles. The molecule has 0 saturated carbocycles. The fraction of sp³-hybridized carbons (Fsp3) is 0.438. The number of piperidine rings is 1. The lowest BCUT2D eigenvalue weighted by Crippen LogP contribution is -2.50. The van der Waals surface area contributed by atoms with Crippen LogP contribution in [0.1, 0.15) is 30.1 Å². The number of likely N-dealkylation sites (tertiary alicyclic amines) is 1. The van der Waals surface area contributed by atoms with Crippen molar-refractivity contribution in [2.45, 2.75) is 25.8 Å². The average Bonchev–Trinajstić information content (AvgIpc) is 2.53. The Morgan fingerprint density at radius 2 is 1.96 bits per heavy atom. The maximum absolute atomic E-state index is 12.3. The Kier molecular flexibility index (Phi) is 5.20. The summed E-state index contributed by atoms with van der Waals surface area (Å²) in [5, 5.41) is 9.18. The van der Waals surface area contributed by atoms with Crippen LogP contribution in [0.3, 0.4) is 0 Å². The standard InChI is InChI=1S/C16H20N2O5/c1-10-13(16(21)22)3-2-8-18(10)14(19)9-23-12-6-4-11(5-7-12)15(17)20/h4-7,10,13H,2-3,8-9H2,1H3,(H2,17,20)(H,21,22)/t10-,13-/m1/s1. The highest BCUT2D eigenvalue weighted by molar-refractivity contribution is 5.92. The first-order valence-electron chi connectivity index (χ1n) is 7.45. The molecule has 2 rings (SSSR count). The second kappa shape index (κ2) is 7.13. The third kappa shape index (κ3) is 4.00. The van der Waals surface area contributed by atoms with Crippen LogP contribution >= 0.6 is 0 Å². The highest BCUT2D eigenvalue weighted by Crippen LogP contribution is 2.24. The van der Waals surface area contributed by atoms with E-state index in [2.05, 4.69) is 0 Å². The predicted octanol–water partition coefficient (Wildman–Crippen LogP) is 0.876. The van der Waals surface area contributed by atoms with Crippen molar-refractivity contribution in [3.8, 4) is 5.75 Å². The van der Waals surface area contributed by atoms with Gasteiger partial charge in [0.05, 0.1) is 5.92 Å². The van der Waals surface area contributed by atoms with Gasteiger partial charge >= 0.3 is 5.97 Å². The molecule has 7 heteroatoms. The monoisotopic (exact) mass is 320 g/mol. The van der Waals surface area contributed by atoms with E-state index in [0.29, 0.717) is 30.7 Å². The molecule has 7 nitrogen and oxygen atoms in total. The van der Waals surface area contributed by atoms with Crippen LogP contribution in [0.5, 0.6) is 5.75 Å². The number of ether oxygens (including phenoxy) is 1. The summed E-state index contributed by atoms with van der Waals surface area (Å²) in [6.07, 6.45) is 1.25. The van der Waals surface area contributed by atoms with Crippen LogP contribution in [0.2, 0.25) is 0 Å². The summed E-state index contributed by atoms with van der Waals surface area (Å²) in [5.41, 5.74) is 5.51. The molecular formula is C16H20N2O5. The van der Waals surface area contributed by atoms with Crippen LogP contribution in [0.25, 0.3) is 0 Å².